The van der Waals surface area contributed by atoms with Crippen molar-refractivity contribution in [2.45, 2.75) is 51.5 Å². The van der Waals surface area contributed by atoms with E-state index < -0.39 is 0 Å². The highest BCUT2D eigenvalue weighted by molar-refractivity contribution is 5.30. The number of hydrogen-bond donors (Lipinski definition) is 1. The number of benzene rings is 1. The molecule has 0 aromatic heterocycles. The molecule has 2 unspecified atom stereocenters. The number of nitrogens with one attached hydrogen (secondary N) is 1. The molecule has 1 aliphatic rings. The zero-order valence-corrected chi connectivity index (χ0v) is 11.9. The van der Waals surface area contributed by atoms with Gasteiger partial charge < -0.3 is 5.32 Å². The Balaban J connectivity index is 2.20. The van der Waals surface area contributed by atoms with Gasteiger partial charge in [-0.15, -0.1) is 0 Å². The normalized spacial score (nSPS) is 27.9. The van der Waals surface area contributed by atoms with Crippen molar-refractivity contribution < 1.29 is 4.39 Å². The maximum absolute atomic E-state index is 13.1. The quantitative estimate of drug-likeness (QED) is 0.857. The lowest BCUT2D eigenvalue weighted by molar-refractivity contribution is 0.124. The molecule has 1 N–H and O–H groups in total. The van der Waals surface area contributed by atoms with Gasteiger partial charge in [0.1, 0.15) is 5.82 Å². The molecule has 0 heterocycles. The summed E-state index contributed by atoms with van der Waals surface area (Å²) in [6, 6.07) is 7.07. The third-order valence-corrected chi connectivity index (χ3v) is 4.32. The maximum Gasteiger partial charge on any atom is 0.123 e. The van der Waals surface area contributed by atoms with Crippen LogP contribution in [0.1, 0.15) is 46.1 Å². The summed E-state index contributed by atoms with van der Waals surface area (Å²) in [4.78, 5) is 0. The van der Waals surface area contributed by atoms with Crippen molar-refractivity contribution in [3.05, 3.63) is 35.6 Å². The van der Waals surface area contributed by atoms with Gasteiger partial charge in [-0.25, -0.2) is 4.39 Å². The van der Waals surface area contributed by atoms with Crippen LogP contribution in [0.15, 0.2) is 24.3 Å². The molecule has 100 valence electrons. The smallest absolute Gasteiger partial charge is 0.123 e. The Morgan fingerprint density at radius 2 is 1.89 bits per heavy atom. The summed E-state index contributed by atoms with van der Waals surface area (Å²) in [5.41, 5.74) is 1.60. The summed E-state index contributed by atoms with van der Waals surface area (Å²) in [5.74, 6) is 0.516. The van der Waals surface area contributed by atoms with E-state index in [9.17, 15) is 4.39 Å². The van der Waals surface area contributed by atoms with Crippen LogP contribution in [0.5, 0.6) is 0 Å². The second-order valence-electron chi connectivity index (χ2n) is 6.71. The van der Waals surface area contributed by atoms with Crippen LogP contribution in [0.3, 0.4) is 0 Å². The second kappa shape index (κ2) is 4.65. The molecule has 0 amide bonds. The van der Waals surface area contributed by atoms with Crippen LogP contribution < -0.4 is 5.32 Å². The molecule has 1 aromatic carbocycles. The van der Waals surface area contributed by atoms with Gasteiger partial charge in [0.15, 0.2) is 0 Å². The molecule has 0 bridgehead atoms. The summed E-state index contributed by atoms with van der Waals surface area (Å²) in [7, 11) is 0. The Hall–Kier alpha value is -0.890. The number of halogens is 1. The van der Waals surface area contributed by atoms with Crippen LogP contribution in [0.25, 0.3) is 0 Å². The summed E-state index contributed by atoms with van der Waals surface area (Å²) >= 11 is 0. The van der Waals surface area contributed by atoms with Crippen molar-refractivity contribution in [2.75, 3.05) is 6.54 Å². The first kappa shape index (κ1) is 13.5. The van der Waals surface area contributed by atoms with Crippen LogP contribution in [0.4, 0.5) is 4.39 Å². The first-order valence-electron chi connectivity index (χ1n) is 6.85. The van der Waals surface area contributed by atoms with E-state index in [1.807, 2.05) is 12.1 Å². The molecular formula is C16H24FN. The molecule has 2 rings (SSSR count). The minimum absolute atomic E-state index is 0.127. The topological polar surface area (TPSA) is 12.0 Å². The zero-order valence-electron chi connectivity index (χ0n) is 11.9. The van der Waals surface area contributed by atoms with Crippen LogP contribution in [0.2, 0.25) is 0 Å². The number of hydrogen-bond acceptors (Lipinski definition) is 1. The Labute approximate surface area is 110 Å². The molecule has 0 spiro atoms. The third kappa shape index (κ3) is 2.59. The standard InChI is InChI=1S/C16H24FN/c1-12-9-10-16(12,11-18-15(2,3)4)13-5-7-14(17)8-6-13/h5-8,12,18H,9-11H2,1-4H3. The van der Waals surface area contributed by atoms with Gasteiger partial charge in [-0.2, -0.15) is 0 Å². The zero-order chi connectivity index (χ0) is 13.4. The van der Waals surface area contributed by atoms with Crippen LogP contribution in [-0.4, -0.2) is 12.1 Å². The van der Waals surface area contributed by atoms with E-state index in [1.54, 1.807) is 12.1 Å². The van der Waals surface area contributed by atoms with E-state index in [-0.39, 0.29) is 16.8 Å². The minimum atomic E-state index is -0.148. The molecule has 1 fully saturated rings. The molecule has 0 saturated heterocycles. The van der Waals surface area contributed by atoms with E-state index in [0.717, 1.165) is 6.54 Å². The van der Waals surface area contributed by atoms with Gasteiger partial charge >= 0.3 is 0 Å². The van der Waals surface area contributed by atoms with Crippen molar-refractivity contribution in [1.29, 1.82) is 0 Å². The van der Waals surface area contributed by atoms with Gasteiger partial charge in [-0.05, 0) is 57.2 Å². The molecule has 18 heavy (non-hydrogen) atoms. The average molecular weight is 249 g/mol. The third-order valence-electron chi connectivity index (χ3n) is 4.32. The van der Waals surface area contributed by atoms with Crippen LogP contribution in [0, 0.1) is 11.7 Å². The Morgan fingerprint density at radius 1 is 1.28 bits per heavy atom. The molecule has 0 aliphatic heterocycles. The minimum Gasteiger partial charge on any atom is -0.311 e. The fourth-order valence-electron chi connectivity index (χ4n) is 2.78. The van der Waals surface area contributed by atoms with E-state index in [0.29, 0.717) is 5.92 Å². The molecule has 1 saturated carbocycles. The van der Waals surface area contributed by atoms with Crippen molar-refractivity contribution in [3.8, 4) is 0 Å². The largest absolute Gasteiger partial charge is 0.311 e. The fraction of sp³-hybridized carbons (Fsp3) is 0.625. The van der Waals surface area contributed by atoms with Gasteiger partial charge in [-0.1, -0.05) is 19.1 Å². The summed E-state index contributed by atoms with van der Waals surface area (Å²) < 4.78 is 13.1. The number of rotatable bonds is 3. The molecule has 0 radical (unpaired) electrons. The molecule has 1 aliphatic carbocycles. The van der Waals surface area contributed by atoms with Crippen molar-refractivity contribution in [2.24, 2.45) is 5.92 Å². The summed E-state index contributed by atoms with van der Waals surface area (Å²) in [5, 5.41) is 3.61. The van der Waals surface area contributed by atoms with Crippen molar-refractivity contribution >= 4 is 0 Å². The highest BCUT2D eigenvalue weighted by Crippen LogP contribution is 2.48. The van der Waals surface area contributed by atoms with E-state index >= 15 is 0 Å². The van der Waals surface area contributed by atoms with Gasteiger partial charge in [0.25, 0.3) is 0 Å². The van der Waals surface area contributed by atoms with Crippen LogP contribution in [-0.2, 0) is 5.41 Å². The van der Waals surface area contributed by atoms with Gasteiger partial charge in [0, 0.05) is 17.5 Å². The van der Waals surface area contributed by atoms with Gasteiger partial charge in [-0.3, -0.25) is 0 Å². The maximum atomic E-state index is 13.1. The van der Waals surface area contributed by atoms with Crippen molar-refractivity contribution in [3.63, 3.8) is 0 Å². The van der Waals surface area contributed by atoms with Crippen molar-refractivity contribution in [1.82, 2.24) is 5.32 Å². The summed E-state index contributed by atoms with van der Waals surface area (Å²) in [6.45, 7) is 9.85. The lowest BCUT2D eigenvalue weighted by atomic mass is 9.57. The lowest BCUT2D eigenvalue weighted by Crippen LogP contribution is -2.53. The monoisotopic (exact) mass is 249 g/mol. The Bertz CT molecular complexity index is 404. The highest BCUT2D eigenvalue weighted by Gasteiger charge is 2.45. The first-order valence-corrected chi connectivity index (χ1v) is 6.85. The predicted octanol–water partition coefficient (Wildman–Crippen LogP) is 3.88. The van der Waals surface area contributed by atoms with E-state index in [1.165, 1.54) is 18.4 Å². The SMILES string of the molecule is CC1CCC1(CNC(C)(C)C)c1ccc(F)cc1. The molecule has 2 heteroatoms. The molecule has 1 nitrogen and oxygen atoms in total. The summed E-state index contributed by atoms with van der Waals surface area (Å²) in [6.07, 6.45) is 2.46. The average Bonchev–Trinajstić information content (AvgIpc) is 2.28. The fourth-order valence-corrected chi connectivity index (χ4v) is 2.78. The second-order valence-corrected chi connectivity index (χ2v) is 6.71. The first-order chi connectivity index (χ1) is 8.33. The molecular weight excluding hydrogens is 225 g/mol. The molecule has 2 atom stereocenters. The van der Waals surface area contributed by atoms with Gasteiger partial charge in [0.05, 0.1) is 0 Å². The Kier molecular flexibility index (Phi) is 3.50. The van der Waals surface area contributed by atoms with E-state index in [2.05, 4.69) is 33.0 Å². The predicted molar refractivity (Wildman–Crippen MR) is 74.2 cm³/mol. The molecule has 1 aromatic rings. The van der Waals surface area contributed by atoms with E-state index in [4.69, 9.17) is 0 Å². The highest BCUT2D eigenvalue weighted by atomic mass is 19.1. The van der Waals surface area contributed by atoms with Gasteiger partial charge in [0.2, 0.25) is 0 Å². The Morgan fingerprint density at radius 3 is 2.28 bits per heavy atom. The lowest BCUT2D eigenvalue weighted by Gasteiger charge is -2.50. The van der Waals surface area contributed by atoms with Crippen LogP contribution >= 0.6 is 0 Å².